The van der Waals surface area contributed by atoms with E-state index in [1.807, 2.05) is 19.1 Å². The molecule has 146 valence electrons. The largest absolute Gasteiger partial charge is 0.396 e. The number of ether oxygens (including phenoxy) is 1. The minimum atomic E-state index is -0.227. The summed E-state index contributed by atoms with van der Waals surface area (Å²) in [6, 6.07) is 10.7. The third kappa shape index (κ3) is 5.40. The molecule has 1 saturated carbocycles. The second-order valence-electron chi connectivity index (χ2n) is 7.99. The molecule has 3 rings (SSSR count). The summed E-state index contributed by atoms with van der Waals surface area (Å²) < 4.78 is 6.15. The SMILES string of the molecule is CC1CC/C=C\C=C(\C(CO)CO[C@H]2CC[C@@H](c3ccccc3)CC2)C1=O. The Kier molecular flexibility index (Phi) is 7.42. The Labute approximate surface area is 163 Å². The fourth-order valence-corrected chi connectivity index (χ4v) is 4.23. The summed E-state index contributed by atoms with van der Waals surface area (Å²) in [5.74, 6) is 0.571. The molecule has 0 amide bonds. The van der Waals surface area contributed by atoms with Crippen LogP contribution in [-0.2, 0) is 9.53 Å². The molecule has 1 aromatic rings. The molecule has 2 aliphatic rings. The summed E-state index contributed by atoms with van der Waals surface area (Å²) in [6.07, 6.45) is 12.3. The Morgan fingerprint density at radius 2 is 1.85 bits per heavy atom. The summed E-state index contributed by atoms with van der Waals surface area (Å²) in [5.41, 5.74) is 2.15. The number of carbonyl (C=O) groups excluding carboxylic acids is 1. The van der Waals surface area contributed by atoms with E-state index in [1.165, 1.54) is 5.56 Å². The Balaban J connectivity index is 1.53. The maximum absolute atomic E-state index is 12.7. The predicted molar refractivity (Wildman–Crippen MR) is 109 cm³/mol. The number of hydrogen-bond acceptors (Lipinski definition) is 3. The number of aliphatic hydroxyl groups excluding tert-OH is 1. The van der Waals surface area contributed by atoms with E-state index >= 15 is 0 Å². The third-order valence-corrected chi connectivity index (χ3v) is 6.05. The molecule has 3 nitrogen and oxygen atoms in total. The van der Waals surface area contributed by atoms with Crippen molar-refractivity contribution in [1.29, 1.82) is 0 Å². The number of ketones is 1. The maximum Gasteiger partial charge on any atom is 0.162 e. The van der Waals surface area contributed by atoms with Crippen LogP contribution in [0.15, 0.2) is 54.1 Å². The van der Waals surface area contributed by atoms with Crippen LogP contribution in [0.1, 0.15) is 56.9 Å². The first-order valence-corrected chi connectivity index (χ1v) is 10.4. The van der Waals surface area contributed by atoms with Gasteiger partial charge in [-0.15, -0.1) is 0 Å². The lowest BCUT2D eigenvalue weighted by atomic mass is 9.82. The second-order valence-corrected chi connectivity index (χ2v) is 7.99. The molecule has 0 bridgehead atoms. The molecular formula is C24H32O3. The van der Waals surface area contributed by atoms with Crippen molar-refractivity contribution in [2.45, 2.75) is 57.5 Å². The van der Waals surface area contributed by atoms with Crippen LogP contribution < -0.4 is 0 Å². The molecule has 1 fully saturated rings. The highest BCUT2D eigenvalue weighted by molar-refractivity contribution is 5.97. The highest BCUT2D eigenvalue weighted by Gasteiger charge is 2.27. The molecule has 2 unspecified atom stereocenters. The normalized spacial score (nSPS) is 30.7. The maximum atomic E-state index is 12.7. The Morgan fingerprint density at radius 3 is 2.56 bits per heavy atom. The summed E-state index contributed by atoms with van der Waals surface area (Å²) in [6.45, 7) is 2.36. The first-order valence-electron chi connectivity index (χ1n) is 10.4. The average Bonchev–Trinajstić information content (AvgIpc) is 2.71. The Morgan fingerprint density at radius 1 is 1.11 bits per heavy atom. The average molecular weight is 369 g/mol. The molecule has 1 aromatic carbocycles. The zero-order valence-electron chi connectivity index (χ0n) is 16.3. The van der Waals surface area contributed by atoms with E-state index in [1.54, 1.807) is 0 Å². The van der Waals surface area contributed by atoms with Crippen molar-refractivity contribution in [1.82, 2.24) is 0 Å². The van der Waals surface area contributed by atoms with Gasteiger partial charge >= 0.3 is 0 Å². The Hall–Kier alpha value is -1.71. The van der Waals surface area contributed by atoms with Crippen molar-refractivity contribution < 1.29 is 14.6 Å². The number of benzene rings is 1. The highest BCUT2D eigenvalue weighted by atomic mass is 16.5. The van der Waals surface area contributed by atoms with Gasteiger partial charge in [0.25, 0.3) is 0 Å². The first kappa shape index (κ1) is 20.0. The molecule has 1 N–H and O–H groups in total. The zero-order chi connectivity index (χ0) is 19.1. The van der Waals surface area contributed by atoms with E-state index < -0.39 is 0 Å². The number of aliphatic hydroxyl groups is 1. The van der Waals surface area contributed by atoms with Gasteiger partial charge in [0.2, 0.25) is 0 Å². The molecule has 0 saturated heterocycles. The molecule has 0 aromatic heterocycles. The molecule has 3 heteroatoms. The molecule has 2 aliphatic carbocycles. The lowest BCUT2D eigenvalue weighted by Crippen LogP contribution is -2.29. The lowest BCUT2D eigenvalue weighted by molar-refractivity contribution is -0.120. The number of Topliss-reactive ketones (excluding diaryl/α,β-unsaturated/α-hetero) is 1. The molecule has 0 radical (unpaired) electrons. The van der Waals surface area contributed by atoms with Gasteiger partial charge in [0.15, 0.2) is 5.78 Å². The van der Waals surface area contributed by atoms with E-state index in [-0.39, 0.29) is 30.3 Å². The van der Waals surface area contributed by atoms with Crippen LogP contribution in [0.4, 0.5) is 0 Å². The van der Waals surface area contributed by atoms with Gasteiger partial charge in [0.1, 0.15) is 0 Å². The second kappa shape index (κ2) is 10.0. The van der Waals surface area contributed by atoms with Crippen LogP contribution in [0.5, 0.6) is 0 Å². The minimum absolute atomic E-state index is 0.0107. The number of hydrogen-bond donors (Lipinski definition) is 1. The van der Waals surface area contributed by atoms with Crippen molar-refractivity contribution in [2.24, 2.45) is 11.8 Å². The molecular weight excluding hydrogens is 336 g/mol. The topological polar surface area (TPSA) is 46.5 Å². The van der Waals surface area contributed by atoms with E-state index in [0.717, 1.165) is 44.1 Å². The predicted octanol–water partition coefficient (Wildman–Crippen LogP) is 4.82. The smallest absolute Gasteiger partial charge is 0.162 e. The van der Waals surface area contributed by atoms with Gasteiger partial charge in [-0.3, -0.25) is 4.79 Å². The molecule has 27 heavy (non-hydrogen) atoms. The van der Waals surface area contributed by atoms with Gasteiger partial charge in [0.05, 0.1) is 19.3 Å². The number of allylic oxidation sites excluding steroid dienone is 3. The van der Waals surface area contributed by atoms with Gasteiger partial charge in [-0.1, -0.05) is 55.5 Å². The van der Waals surface area contributed by atoms with Crippen LogP contribution in [0.3, 0.4) is 0 Å². The molecule has 0 aliphatic heterocycles. The van der Waals surface area contributed by atoms with Crippen molar-refractivity contribution in [3.05, 3.63) is 59.7 Å². The van der Waals surface area contributed by atoms with Gasteiger partial charge in [0, 0.05) is 17.4 Å². The van der Waals surface area contributed by atoms with E-state index in [9.17, 15) is 9.90 Å². The van der Waals surface area contributed by atoms with E-state index in [0.29, 0.717) is 12.5 Å². The van der Waals surface area contributed by atoms with Crippen LogP contribution in [0.2, 0.25) is 0 Å². The monoisotopic (exact) mass is 368 g/mol. The van der Waals surface area contributed by atoms with Crippen molar-refractivity contribution in [3.8, 4) is 0 Å². The lowest BCUT2D eigenvalue weighted by Gasteiger charge is -2.30. The zero-order valence-corrected chi connectivity index (χ0v) is 16.3. The van der Waals surface area contributed by atoms with Gasteiger partial charge in [-0.2, -0.15) is 0 Å². The third-order valence-electron chi connectivity index (χ3n) is 6.05. The van der Waals surface area contributed by atoms with Gasteiger partial charge in [-0.05, 0) is 50.0 Å². The quantitative estimate of drug-likeness (QED) is 0.783. The summed E-state index contributed by atoms with van der Waals surface area (Å²) >= 11 is 0. The molecule has 0 spiro atoms. The summed E-state index contributed by atoms with van der Waals surface area (Å²) in [4.78, 5) is 12.7. The molecule has 2 atom stereocenters. The van der Waals surface area contributed by atoms with Gasteiger partial charge < -0.3 is 9.84 Å². The minimum Gasteiger partial charge on any atom is -0.396 e. The summed E-state index contributed by atoms with van der Waals surface area (Å²) in [7, 11) is 0. The highest BCUT2D eigenvalue weighted by Crippen LogP contribution is 2.34. The van der Waals surface area contributed by atoms with Crippen molar-refractivity contribution in [3.63, 3.8) is 0 Å². The van der Waals surface area contributed by atoms with Crippen LogP contribution >= 0.6 is 0 Å². The number of carbonyl (C=O) groups is 1. The summed E-state index contributed by atoms with van der Waals surface area (Å²) in [5, 5.41) is 9.87. The standard InChI is InChI=1S/C24H32O3/c1-18-8-4-2-7-11-23(24(18)26)21(16-25)17-27-22-14-12-20(13-15-22)19-9-5-3-6-10-19/h2-3,5-7,9-11,18,20-22,25H,4,8,12-17H2,1H3/b7-2-,23-11-/t18?,20-,21?,22+. The Bertz CT molecular complexity index is 653. The van der Waals surface area contributed by atoms with E-state index in [2.05, 4.69) is 36.4 Å². The molecule has 0 heterocycles. The fourth-order valence-electron chi connectivity index (χ4n) is 4.23. The van der Waals surface area contributed by atoms with Crippen molar-refractivity contribution >= 4 is 5.78 Å². The van der Waals surface area contributed by atoms with Crippen LogP contribution in [0.25, 0.3) is 0 Å². The van der Waals surface area contributed by atoms with Crippen LogP contribution in [0, 0.1) is 11.8 Å². The van der Waals surface area contributed by atoms with E-state index in [4.69, 9.17) is 4.74 Å². The fraction of sp³-hybridized carbons (Fsp3) is 0.542. The van der Waals surface area contributed by atoms with Crippen LogP contribution in [-0.4, -0.2) is 30.2 Å². The first-order chi connectivity index (χ1) is 13.2. The van der Waals surface area contributed by atoms with Gasteiger partial charge in [-0.25, -0.2) is 0 Å². The van der Waals surface area contributed by atoms with Crippen molar-refractivity contribution in [2.75, 3.05) is 13.2 Å². The number of rotatable bonds is 6.